The van der Waals surface area contributed by atoms with E-state index in [-0.39, 0.29) is 5.82 Å². The van der Waals surface area contributed by atoms with Crippen LogP contribution in [0.4, 0.5) is 4.39 Å². The van der Waals surface area contributed by atoms with Gasteiger partial charge in [0, 0.05) is 31.1 Å². The van der Waals surface area contributed by atoms with Crippen LogP contribution in [0.2, 0.25) is 0 Å². The number of rotatable bonds is 5. The van der Waals surface area contributed by atoms with E-state index in [0.717, 1.165) is 26.2 Å². The fourth-order valence-corrected chi connectivity index (χ4v) is 2.96. The quantitative estimate of drug-likeness (QED) is 0.852. The Bertz CT molecular complexity index is 586. The summed E-state index contributed by atoms with van der Waals surface area (Å²) in [6.07, 6.45) is 0. The molecule has 0 atom stereocenters. The van der Waals surface area contributed by atoms with Crippen LogP contribution in [0.25, 0.3) is 0 Å². The molecule has 1 aromatic heterocycles. The molecule has 21 heavy (non-hydrogen) atoms. The van der Waals surface area contributed by atoms with Crippen LogP contribution >= 0.6 is 11.8 Å². The highest BCUT2D eigenvalue weighted by atomic mass is 32.2. The second kappa shape index (κ2) is 7.02. The maximum absolute atomic E-state index is 13.5. The molecule has 3 rings (SSSR count). The summed E-state index contributed by atoms with van der Waals surface area (Å²) in [6.45, 7) is 4.64. The van der Waals surface area contributed by atoms with Gasteiger partial charge in [0.25, 0.3) is 0 Å². The molecule has 1 saturated heterocycles. The molecular formula is C14H17FN4OS. The van der Waals surface area contributed by atoms with Crippen molar-refractivity contribution >= 4 is 11.8 Å². The third-order valence-corrected chi connectivity index (χ3v) is 4.32. The van der Waals surface area contributed by atoms with Crippen molar-refractivity contribution in [2.24, 2.45) is 0 Å². The Morgan fingerprint density at radius 2 is 2.10 bits per heavy atom. The zero-order valence-electron chi connectivity index (χ0n) is 11.6. The van der Waals surface area contributed by atoms with Gasteiger partial charge in [0.1, 0.15) is 5.82 Å². The summed E-state index contributed by atoms with van der Waals surface area (Å²) in [4.78, 5) is 7.24. The summed E-state index contributed by atoms with van der Waals surface area (Å²) in [5.41, 5.74) is 0. The number of hydrogen-bond donors (Lipinski definition) is 1. The van der Waals surface area contributed by atoms with Crippen LogP contribution in [-0.4, -0.2) is 41.2 Å². The van der Waals surface area contributed by atoms with Crippen molar-refractivity contribution in [3.05, 3.63) is 41.8 Å². The van der Waals surface area contributed by atoms with Gasteiger partial charge >= 0.3 is 0 Å². The number of benzene rings is 1. The van der Waals surface area contributed by atoms with Gasteiger partial charge in [-0.3, -0.25) is 4.90 Å². The molecule has 1 aliphatic heterocycles. The number of hydrogen-bond acceptors (Lipinski definition) is 6. The van der Waals surface area contributed by atoms with E-state index in [2.05, 4.69) is 20.4 Å². The van der Waals surface area contributed by atoms with E-state index in [1.54, 1.807) is 12.1 Å². The van der Waals surface area contributed by atoms with Crippen molar-refractivity contribution in [2.75, 3.05) is 26.2 Å². The van der Waals surface area contributed by atoms with Gasteiger partial charge in [-0.2, -0.15) is 4.98 Å². The summed E-state index contributed by atoms with van der Waals surface area (Å²) >= 11 is 1.38. The second-order valence-electron chi connectivity index (χ2n) is 4.85. The lowest BCUT2D eigenvalue weighted by Gasteiger charge is -2.25. The van der Waals surface area contributed by atoms with Crippen LogP contribution in [0.15, 0.2) is 33.7 Å². The molecule has 0 amide bonds. The Balaban J connectivity index is 1.54. The predicted molar refractivity (Wildman–Crippen MR) is 78.4 cm³/mol. The smallest absolute Gasteiger partial charge is 0.240 e. The average Bonchev–Trinajstić information content (AvgIpc) is 2.95. The summed E-state index contributed by atoms with van der Waals surface area (Å²) in [6, 6.07) is 6.70. The number of nitrogens with zero attached hydrogens (tertiary/aromatic N) is 3. The van der Waals surface area contributed by atoms with Crippen molar-refractivity contribution in [1.29, 1.82) is 0 Å². The van der Waals surface area contributed by atoms with E-state index >= 15 is 0 Å². The van der Waals surface area contributed by atoms with Crippen LogP contribution in [-0.2, 0) is 12.3 Å². The topological polar surface area (TPSA) is 54.2 Å². The Kier molecular flexibility index (Phi) is 4.84. The standard InChI is InChI=1S/C14H17FN4OS/c15-11-3-1-2-4-12(11)21-10-13-17-14(20-18-13)9-19-7-5-16-6-8-19/h1-4,16H,5-10H2. The van der Waals surface area contributed by atoms with Crippen molar-refractivity contribution in [3.8, 4) is 0 Å². The molecule has 1 fully saturated rings. The van der Waals surface area contributed by atoms with Gasteiger partial charge in [0.15, 0.2) is 5.82 Å². The number of piperazine rings is 1. The Morgan fingerprint density at radius 1 is 1.29 bits per heavy atom. The molecule has 0 bridgehead atoms. The molecule has 2 heterocycles. The summed E-state index contributed by atoms with van der Waals surface area (Å²) in [5.74, 6) is 1.52. The normalized spacial score (nSPS) is 16.2. The molecule has 5 nitrogen and oxygen atoms in total. The lowest BCUT2D eigenvalue weighted by molar-refractivity contribution is 0.203. The summed E-state index contributed by atoms with van der Waals surface area (Å²) in [7, 11) is 0. The molecule has 1 aliphatic rings. The Morgan fingerprint density at radius 3 is 2.90 bits per heavy atom. The van der Waals surface area contributed by atoms with Crippen LogP contribution in [0, 0.1) is 5.82 Å². The van der Waals surface area contributed by atoms with Crippen LogP contribution < -0.4 is 5.32 Å². The second-order valence-corrected chi connectivity index (χ2v) is 5.87. The zero-order chi connectivity index (χ0) is 14.5. The Labute approximate surface area is 126 Å². The average molecular weight is 308 g/mol. The molecule has 1 N–H and O–H groups in total. The van der Waals surface area contributed by atoms with Gasteiger partial charge in [-0.15, -0.1) is 11.8 Å². The monoisotopic (exact) mass is 308 g/mol. The van der Waals surface area contributed by atoms with Crippen LogP contribution in [0.3, 0.4) is 0 Å². The van der Waals surface area contributed by atoms with Crippen molar-refractivity contribution in [3.63, 3.8) is 0 Å². The molecule has 0 radical (unpaired) electrons. The van der Waals surface area contributed by atoms with E-state index < -0.39 is 0 Å². The van der Waals surface area contributed by atoms with Crippen molar-refractivity contribution < 1.29 is 8.91 Å². The first kappa shape index (κ1) is 14.5. The third kappa shape index (κ3) is 4.03. The van der Waals surface area contributed by atoms with Crippen molar-refractivity contribution in [1.82, 2.24) is 20.4 Å². The minimum Gasteiger partial charge on any atom is -0.338 e. The van der Waals surface area contributed by atoms with Gasteiger partial charge in [-0.1, -0.05) is 17.3 Å². The molecular weight excluding hydrogens is 291 g/mol. The lowest BCUT2D eigenvalue weighted by atomic mass is 10.3. The molecule has 0 unspecified atom stereocenters. The Hall–Kier alpha value is -1.44. The molecule has 112 valence electrons. The maximum Gasteiger partial charge on any atom is 0.240 e. The minimum absolute atomic E-state index is 0.216. The van der Waals surface area contributed by atoms with Crippen molar-refractivity contribution in [2.45, 2.75) is 17.2 Å². The molecule has 0 aliphatic carbocycles. The highest BCUT2D eigenvalue weighted by molar-refractivity contribution is 7.98. The van der Waals surface area contributed by atoms with E-state index in [1.165, 1.54) is 17.8 Å². The number of nitrogens with one attached hydrogen (secondary N) is 1. The van der Waals surface area contributed by atoms with Gasteiger partial charge < -0.3 is 9.84 Å². The first-order valence-electron chi connectivity index (χ1n) is 6.93. The van der Waals surface area contributed by atoms with Crippen LogP contribution in [0.5, 0.6) is 0 Å². The predicted octanol–water partition coefficient (Wildman–Crippen LogP) is 1.91. The van der Waals surface area contributed by atoms with Crippen LogP contribution in [0.1, 0.15) is 11.7 Å². The number of halogens is 1. The first-order chi connectivity index (χ1) is 10.3. The minimum atomic E-state index is -0.216. The van der Waals surface area contributed by atoms with E-state index in [0.29, 0.717) is 28.9 Å². The summed E-state index contributed by atoms with van der Waals surface area (Å²) < 4.78 is 18.8. The molecule has 1 aromatic carbocycles. The number of aromatic nitrogens is 2. The van der Waals surface area contributed by atoms with E-state index in [1.807, 2.05) is 6.07 Å². The van der Waals surface area contributed by atoms with Gasteiger partial charge in [0.05, 0.1) is 12.3 Å². The van der Waals surface area contributed by atoms with E-state index in [9.17, 15) is 4.39 Å². The third-order valence-electron chi connectivity index (χ3n) is 3.27. The molecule has 2 aromatic rings. The maximum atomic E-state index is 13.5. The molecule has 7 heteroatoms. The molecule has 0 saturated carbocycles. The highest BCUT2D eigenvalue weighted by Crippen LogP contribution is 2.24. The first-order valence-corrected chi connectivity index (χ1v) is 7.92. The largest absolute Gasteiger partial charge is 0.338 e. The fraction of sp³-hybridized carbons (Fsp3) is 0.429. The lowest BCUT2D eigenvalue weighted by Crippen LogP contribution is -2.42. The van der Waals surface area contributed by atoms with Gasteiger partial charge in [-0.25, -0.2) is 4.39 Å². The van der Waals surface area contributed by atoms with E-state index in [4.69, 9.17) is 4.52 Å². The highest BCUT2D eigenvalue weighted by Gasteiger charge is 2.14. The van der Waals surface area contributed by atoms with Gasteiger partial charge in [-0.05, 0) is 12.1 Å². The number of thioether (sulfide) groups is 1. The zero-order valence-corrected chi connectivity index (χ0v) is 12.4. The fourth-order valence-electron chi connectivity index (χ4n) is 2.18. The SMILES string of the molecule is Fc1ccccc1SCc1noc(CN2CCNCC2)n1. The summed E-state index contributed by atoms with van der Waals surface area (Å²) in [5, 5.41) is 7.26. The van der Waals surface area contributed by atoms with Gasteiger partial charge in [0.2, 0.25) is 5.89 Å². The molecule has 0 spiro atoms.